The number of thioether (sulfide) groups is 1. The molecule has 0 bridgehead atoms. The molecule has 0 saturated heterocycles. The molecule has 0 aromatic carbocycles. The van der Waals surface area contributed by atoms with Gasteiger partial charge in [-0.25, -0.2) is 0 Å². The summed E-state index contributed by atoms with van der Waals surface area (Å²) in [4.78, 5) is 5.76. The van der Waals surface area contributed by atoms with Gasteiger partial charge in [0, 0.05) is 20.0 Å². The van der Waals surface area contributed by atoms with Gasteiger partial charge >= 0.3 is 0 Å². The quantitative estimate of drug-likeness (QED) is 0.435. The maximum absolute atomic E-state index is 5.76. The van der Waals surface area contributed by atoms with Gasteiger partial charge in [0.2, 0.25) is 0 Å². The highest BCUT2D eigenvalue weighted by atomic mass is 32.2. The first-order chi connectivity index (χ1) is 7.67. The topological polar surface area (TPSA) is 30.9 Å². The van der Waals surface area contributed by atoms with E-state index >= 15 is 0 Å². The minimum atomic E-state index is 0.233. The third kappa shape index (κ3) is 6.70. The lowest BCUT2D eigenvalue weighted by molar-refractivity contribution is -0.216. The van der Waals surface area contributed by atoms with Crippen molar-refractivity contribution in [3.63, 3.8) is 0 Å². The van der Waals surface area contributed by atoms with Crippen LogP contribution in [-0.4, -0.2) is 63.2 Å². The fraction of sp³-hybridized carbons (Fsp3) is 1.00. The van der Waals surface area contributed by atoms with Crippen molar-refractivity contribution in [3.8, 4) is 0 Å². The van der Waals surface area contributed by atoms with Crippen LogP contribution in [0.2, 0.25) is 0 Å². The van der Waals surface area contributed by atoms with Crippen molar-refractivity contribution in [2.45, 2.75) is 25.9 Å². The number of nitrogens with zero attached hydrogens (tertiary/aromatic N) is 1. The second-order valence-electron chi connectivity index (χ2n) is 3.79. The molecular formula is C11H25NO3S. The van der Waals surface area contributed by atoms with Crippen LogP contribution in [-0.2, 0) is 14.3 Å². The lowest BCUT2D eigenvalue weighted by Crippen LogP contribution is -2.44. The van der Waals surface area contributed by atoms with Crippen LogP contribution in [0.4, 0.5) is 0 Å². The maximum atomic E-state index is 5.76. The Kier molecular flexibility index (Phi) is 10.5. The van der Waals surface area contributed by atoms with E-state index in [0.717, 1.165) is 12.4 Å². The Morgan fingerprint density at radius 2 is 1.56 bits per heavy atom. The highest BCUT2D eigenvalue weighted by Crippen LogP contribution is 2.08. The number of hydrogen-bond acceptors (Lipinski definition) is 5. The van der Waals surface area contributed by atoms with E-state index in [1.807, 2.05) is 5.06 Å². The van der Waals surface area contributed by atoms with Crippen molar-refractivity contribution < 1.29 is 14.3 Å². The summed E-state index contributed by atoms with van der Waals surface area (Å²) in [6.07, 6.45) is 2.07. The normalized spacial score (nSPS) is 15.4. The average Bonchev–Trinajstić information content (AvgIpc) is 2.25. The van der Waals surface area contributed by atoms with E-state index in [4.69, 9.17) is 14.3 Å². The Morgan fingerprint density at radius 3 is 1.94 bits per heavy atom. The third-order valence-electron chi connectivity index (χ3n) is 2.21. The van der Waals surface area contributed by atoms with Gasteiger partial charge in [-0.15, -0.1) is 0 Å². The number of ether oxygens (including phenoxy) is 2. The summed E-state index contributed by atoms with van der Waals surface area (Å²) in [5, 5.41) is 1.98. The molecule has 4 nitrogen and oxygen atoms in total. The largest absolute Gasteiger partial charge is 0.383 e. The van der Waals surface area contributed by atoms with Gasteiger partial charge in [0.05, 0.1) is 31.9 Å². The van der Waals surface area contributed by atoms with E-state index in [1.165, 1.54) is 0 Å². The molecule has 5 heteroatoms. The van der Waals surface area contributed by atoms with Crippen LogP contribution in [0.5, 0.6) is 0 Å². The van der Waals surface area contributed by atoms with Gasteiger partial charge in [-0.1, -0.05) is 0 Å². The second kappa shape index (κ2) is 10.4. The molecule has 0 aromatic heterocycles. The van der Waals surface area contributed by atoms with Gasteiger partial charge in [0.1, 0.15) is 0 Å². The fourth-order valence-corrected chi connectivity index (χ4v) is 1.79. The van der Waals surface area contributed by atoms with Gasteiger partial charge in [0.25, 0.3) is 0 Å². The summed E-state index contributed by atoms with van der Waals surface area (Å²) < 4.78 is 10.3. The van der Waals surface area contributed by atoms with Crippen molar-refractivity contribution in [2.75, 3.05) is 46.0 Å². The molecule has 0 aliphatic rings. The Bertz CT molecular complexity index is 148. The molecule has 0 aromatic rings. The van der Waals surface area contributed by atoms with Crippen LogP contribution in [0.25, 0.3) is 0 Å². The Morgan fingerprint density at radius 1 is 1.06 bits per heavy atom. The van der Waals surface area contributed by atoms with Crippen LogP contribution in [0.15, 0.2) is 0 Å². The van der Waals surface area contributed by atoms with Gasteiger partial charge in [-0.05, 0) is 20.1 Å². The molecule has 0 amide bonds. The minimum Gasteiger partial charge on any atom is -0.383 e. The predicted octanol–water partition coefficient (Wildman–Crippen LogP) is 1.65. The summed E-state index contributed by atoms with van der Waals surface area (Å²) in [5.74, 6) is 0.996. The smallest absolute Gasteiger partial charge is 0.0775 e. The molecule has 0 radical (unpaired) electrons. The average molecular weight is 251 g/mol. The molecule has 0 N–H and O–H groups in total. The SMILES string of the molecule is COCC(C)N(OCCSC)C(C)COC. The number of hydrogen-bond donors (Lipinski definition) is 0. The number of rotatable bonds is 10. The summed E-state index contributed by atoms with van der Waals surface area (Å²) in [6, 6.07) is 0.467. The van der Waals surface area contributed by atoms with Crippen molar-refractivity contribution in [3.05, 3.63) is 0 Å². The molecule has 0 fully saturated rings. The van der Waals surface area contributed by atoms with Gasteiger partial charge in [0.15, 0.2) is 0 Å². The molecule has 0 saturated carbocycles. The van der Waals surface area contributed by atoms with Crippen LogP contribution < -0.4 is 0 Å². The molecule has 98 valence electrons. The molecular weight excluding hydrogens is 226 g/mol. The maximum Gasteiger partial charge on any atom is 0.0775 e. The van der Waals surface area contributed by atoms with Gasteiger partial charge < -0.3 is 9.47 Å². The first-order valence-electron chi connectivity index (χ1n) is 5.55. The van der Waals surface area contributed by atoms with Crippen molar-refractivity contribution in [2.24, 2.45) is 0 Å². The number of methoxy groups -OCH3 is 2. The van der Waals surface area contributed by atoms with Crippen molar-refractivity contribution in [1.82, 2.24) is 5.06 Å². The first kappa shape index (κ1) is 16.2. The minimum absolute atomic E-state index is 0.233. The summed E-state index contributed by atoms with van der Waals surface area (Å²) in [6.45, 7) is 6.23. The molecule has 0 aliphatic heterocycles. The predicted molar refractivity (Wildman–Crippen MR) is 68.8 cm³/mol. The van der Waals surface area contributed by atoms with Gasteiger partial charge in [-0.2, -0.15) is 16.8 Å². The standard InChI is InChI=1S/C11H25NO3S/c1-10(8-13-3)12(11(2)9-14-4)15-6-7-16-5/h10-11H,6-9H2,1-5H3. The Hall–Kier alpha value is 0.190. The summed E-state index contributed by atoms with van der Waals surface area (Å²) >= 11 is 1.78. The second-order valence-corrected chi connectivity index (χ2v) is 4.78. The molecule has 0 aliphatic carbocycles. The Labute approximate surface area is 104 Å². The molecule has 0 spiro atoms. The van der Waals surface area contributed by atoms with E-state index in [1.54, 1.807) is 26.0 Å². The molecule has 2 unspecified atom stereocenters. The number of hydroxylamine groups is 2. The van der Waals surface area contributed by atoms with Crippen LogP contribution in [0, 0.1) is 0 Å². The molecule has 0 rings (SSSR count). The van der Waals surface area contributed by atoms with E-state index in [-0.39, 0.29) is 12.1 Å². The monoisotopic (exact) mass is 251 g/mol. The molecule has 2 atom stereocenters. The van der Waals surface area contributed by atoms with Crippen LogP contribution in [0.1, 0.15) is 13.8 Å². The summed E-state index contributed by atoms with van der Waals surface area (Å²) in [5.41, 5.74) is 0. The zero-order chi connectivity index (χ0) is 12.4. The van der Waals surface area contributed by atoms with Gasteiger partial charge in [-0.3, -0.25) is 4.84 Å². The van der Waals surface area contributed by atoms with E-state index in [9.17, 15) is 0 Å². The summed E-state index contributed by atoms with van der Waals surface area (Å²) in [7, 11) is 3.41. The lowest BCUT2D eigenvalue weighted by atomic mass is 10.2. The van der Waals surface area contributed by atoms with Crippen molar-refractivity contribution in [1.29, 1.82) is 0 Å². The first-order valence-corrected chi connectivity index (χ1v) is 6.94. The van der Waals surface area contributed by atoms with Crippen molar-refractivity contribution >= 4 is 11.8 Å². The van der Waals surface area contributed by atoms with E-state index < -0.39 is 0 Å². The van der Waals surface area contributed by atoms with E-state index in [0.29, 0.717) is 13.2 Å². The van der Waals surface area contributed by atoms with Crippen LogP contribution in [0.3, 0.4) is 0 Å². The highest BCUT2D eigenvalue weighted by Gasteiger charge is 2.20. The zero-order valence-corrected chi connectivity index (χ0v) is 11.9. The third-order valence-corrected chi connectivity index (χ3v) is 2.79. The fourth-order valence-electron chi connectivity index (χ4n) is 1.54. The molecule has 0 heterocycles. The van der Waals surface area contributed by atoms with Crippen LogP contribution >= 0.6 is 11.8 Å². The zero-order valence-electron chi connectivity index (χ0n) is 11.1. The highest BCUT2D eigenvalue weighted by molar-refractivity contribution is 7.98. The lowest BCUT2D eigenvalue weighted by Gasteiger charge is -2.32. The molecule has 16 heavy (non-hydrogen) atoms. The van der Waals surface area contributed by atoms with E-state index in [2.05, 4.69) is 20.1 Å². The Balaban J connectivity index is 4.13.